The number of nitrogens with one attached hydrogen (secondary N) is 1. The Hall–Kier alpha value is -2.56. The number of ether oxygens (including phenoxy) is 1. The van der Waals surface area contributed by atoms with Crippen molar-refractivity contribution in [1.82, 2.24) is 4.68 Å². The summed E-state index contributed by atoms with van der Waals surface area (Å²) in [5, 5.41) is 0. The standard InChI is InChI=1S/C16H18N2O3/c1-10-5-6-14(15(7-10)21-4)16(20)17-18-11(2)8-13(9-19)12(18)3/h5-9H,1-4H3,(H,17,20). The van der Waals surface area contributed by atoms with E-state index in [1.807, 2.05) is 19.9 Å². The minimum Gasteiger partial charge on any atom is -0.496 e. The Morgan fingerprint density at radius 1 is 1.24 bits per heavy atom. The molecule has 21 heavy (non-hydrogen) atoms. The van der Waals surface area contributed by atoms with Gasteiger partial charge in [-0.15, -0.1) is 0 Å². The zero-order valence-corrected chi connectivity index (χ0v) is 12.6. The van der Waals surface area contributed by atoms with E-state index in [0.717, 1.165) is 17.5 Å². The van der Waals surface area contributed by atoms with Crippen LogP contribution in [0.3, 0.4) is 0 Å². The van der Waals surface area contributed by atoms with Crippen molar-refractivity contribution in [2.45, 2.75) is 20.8 Å². The van der Waals surface area contributed by atoms with Gasteiger partial charge in [-0.1, -0.05) is 6.07 Å². The van der Waals surface area contributed by atoms with E-state index in [2.05, 4.69) is 5.43 Å². The average molecular weight is 286 g/mol. The average Bonchev–Trinajstić information content (AvgIpc) is 2.74. The molecule has 2 aromatic rings. The van der Waals surface area contributed by atoms with Gasteiger partial charge in [0.1, 0.15) is 5.75 Å². The van der Waals surface area contributed by atoms with Crippen LogP contribution in [0.1, 0.15) is 37.7 Å². The lowest BCUT2D eigenvalue weighted by molar-refractivity contribution is 0.100. The third kappa shape index (κ3) is 2.81. The molecule has 1 aromatic heterocycles. The van der Waals surface area contributed by atoms with E-state index in [0.29, 0.717) is 22.6 Å². The van der Waals surface area contributed by atoms with Crippen LogP contribution in [0.15, 0.2) is 24.3 Å². The summed E-state index contributed by atoms with van der Waals surface area (Å²) in [5.41, 5.74) is 6.29. The number of carbonyl (C=O) groups is 2. The Kier molecular flexibility index (Phi) is 4.12. The van der Waals surface area contributed by atoms with Gasteiger partial charge in [-0.2, -0.15) is 0 Å². The number of amides is 1. The smallest absolute Gasteiger partial charge is 0.273 e. The van der Waals surface area contributed by atoms with Crippen molar-refractivity contribution in [3.05, 3.63) is 52.3 Å². The lowest BCUT2D eigenvalue weighted by atomic mass is 10.1. The highest BCUT2D eigenvalue weighted by atomic mass is 16.5. The summed E-state index contributed by atoms with van der Waals surface area (Å²) < 4.78 is 6.85. The molecule has 0 fully saturated rings. The molecule has 0 atom stereocenters. The molecule has 0 saturated carbocycles. The predicted octanol–water partition coefficient (Wildman–Crippen LogP) is 2.62. The molecule has 2 rings (SSSR count). The SMILES string of the molecule is COc1cc(C)ccc1C(=O)Nn1c(C)cc(C=O)c1C. The van der Waals surface area contributed by atoms with Gasteiger partial charge in [0.25, 0.3) is 5.91 Å². The Morgan fingerprint density at radius 3 is 2.52 bits per heavy atom. The van der Waals surface area contributed by atoms with E-state index >= 15 is 0 Å². The maximum absolute atomic E-state index is 12.4. The van der Waals surface area contributed by atoms with Gasteiger partial charge >= 0.3 is 0 Å². The Labute approximate surface area is 123 Å². The van der Waals surface area contributed by atoms with E-state index in [1.165, 1.54) is 7.11 Å². The van der Waals surface area contributed by atoms with E-state index in [9.17, 15) is 9.59 Å². The van der Waals surface area contributed by atoms with Gasteiger partial charge in [0.05, 0.1) is 12.7 Å². The number of aryl methyl sites for hydroxylation is 2. The Bertz CT molecular complexity index is 702. The maximum atomic E-state index is 12.4. The number of carbonyl (C=O) groups excluding carboxylic acids is 2. The van der Waals surface area contributed by atoms with Crippen LogP contribution >= 0.6 is 0 Å². The zero-order chi connectivity index (χ0) is 15.6. The molecule has 1 heterocycles. The summed E-state index contributed by atoms with van der Waals surface area (Å²) >= 11 is 0. The highest BCUT2D eigenvalue weighted by molar-refractivity contribution is 6.02. The maximum Gasteiger partial charge on any atom is 0.273 e. The second kappa shape index (κ2) is 5.83. The highest BCUT2D eigenvalue weighted by Gasteiger charge is 2.15. The van der Waals surface area contributed by atoms with E-state index < -0.39 is 0 Å². The van der Waals surface area contributed by atoms with Gasteiger partial charge in [0.15, 0.2) is 6.29 Å². The van der Waals surface area contributed by atoms with Crippen molar-refractivity contribution in [2.24, 2.45) is 0 Å². The third-order valence-electron chi connectivity index (χ3n) is 3.41. The quantitative estimate of drug-likeness (QED) is 0.879. The molecule has 0 saturated heterocycles. The fourth-order valence-electron chi connectivity index (χ4n) is 2.23. The summed E-state index contributed by atoms with van der Waals surface area (Å²) in [6.45, 7) is 5.54. The van der Waals surface area contributed by atoms with Crippen molar-refractivity contribution in [3.8, 4) is 5.75 Å². The number of hydrogen-bond donors (Lipinski definition) is 1. The van der Waals surface area contributed by atoms with Crippen LogP contribution in [0.5, 0.6) is 5.75 Å². The van der Waals surface area contributed by atoms with Gasteiger partial charge in [-0.25, -0.2) is 0 Å². The summed E-state index contributed by atoms with van der Waals surface area (Å²) in [7, 11) is 1.53. The number of aromatic nitrogens is 1. The molecule has 0 aliphatic rings. The van der Waals surface area contributed by atoms with Crippen LogP contribution in [0, 0.1) is 20.8 Å². The lowest BCUT2D eigenvalue weighted by Crippen LogP contribution is -2.25. The summed E-state index contributed by atoms with van der Waals surface area (Å²) in [5.74, 6) is 0.233. The molecule has 0 unspecified atom stereocenters. The number of hydrogen-bond acceptors (Lipinski definition) is 3. The molecule has 5 heteroatoms. The number of benzene rings is 1. The molecular formula is C16H18N2O3. The predicted molar refractivity (Wildman–Crippen MR) is 80.7 cm³/mol. The number of aldehydes is 1. The Morgan fingerprint density at radius 2 is 1.95 bits per heavy atom. The lowest BCUT2D eigenvalue weighted by Gasteiger charge is -2.13. The van der Waals surface area contributed by atoms with E-state index in [-0.39, 0.29) is 5.91 Å². The fourth-order valence-corrected chi connectivity index (χ4v) is 2.23. The summed E-state index contributed by atoms with van der Waals surface area (Å²) in [6, 6.07) is 7.11. The number of methoxy groups -OCH3 is 1. The van der Waals surface area contributed by atoms with Gasteiger partial charge in [0.2, 0.25) is 0 Å². The molecule has 0 aliphatic carbocycles. The molecule has 0 spiro atoms. The molecule has 5 nitrogen and oxygen atoms in total. The third-order valence-corrected chi connectivity index (χ3v) is 3.41. The van der Waals surface area contributed by atoms with Crippen LogP contribution in [0.2, 0.25) is 0 Å². The monoisotopic (exact) mass is 286 g/mol. The van der Waals surface area contributed by atoms with Crippen LogP contribution in [0.25, 0.3) is 0 Å². The van der Waals surface area contributed by atoms with Crippen LogP contribution < -0.4 is 10.2 Å². The van der Waals surface area contributed by atoms with Gasteiger partial charge in [-0.05, 0) is 44.5 Å². The topological polar surface area (TPSA) is 60.3 Å². The molecule has 110 valence electrons. The first kappa shape index (κ1) is 14.8. The second-order valence-electron chi connectivity index (χ2n) is 4.92. The summed E-state index contributed by atoms with van der Waals surface area (Å²) in [6.07, 6.45) is 0.775. The molecule has 1 amide bonds. The van der Waals surface area contributed by atoms with Gasteiger partial charge in [-0.3, -0.25) is 19.7 Å². The summed E-state index contributed by atoms with van der Waals surface area (Å²) in [4.78, 5) is 23.3. The molecule has 1 N–H and O–H groups in total. The van der Waals surface area contributed by atoms with Crippen LogP contribution in [-0.2, 0) is 0 Å². The molecule has 1 aromatic carbocycles. The van der Waals surface area contributed by atoms with Crippen molar-refractivity contribution in [2.75, 3.05) is 12.5 Å². The fraction of sp³-hybridized carbons (Fsp3) is 0.250. The molecule has 0 aliphatic heterocycles. The normalized spacial score (nSPS) is 10.3. The highest BCUT2D eigenvalue weighted by Crippen LogP contribution is 2.20. The minimum absolute atomic E-state index is 0.286. The first-order valence-electron chi connectivity index (χ1n) is 6.58. The first-order chi connectivity index (χ1) is 9.97. The van der Waals surface area contributed by atoms with E-state index in [4.69, 9.17) is 4.74 Å². The van der Waals surface area contributed by atoms with Crippen molar-refractivity contribution in [1.29, 1.82) is 0 Å². The first-order valence-corrected chi connectivity index (χ1v) is 6.58. The van der Waals surface area contributed by atoms with Crippen LogP contribution in [-0.4, -0.2) is 24.0 Å². The number of rotatable bonds is 4. The van der Waals surface area contributed by atoms with Crippen molar-refractivity contribution >= 4 is 12.2 Å². The second-order valence-corrected chi connectivity index (χ2v) is 4.92. The van der Waals surface area contributed by atoms with Crippen LogP contribution in [0.4, 0.5) is 0 Å². The van der Waals surface area contributed by atoms with E-state index in [1.54, 1.807) is 29.8 Å². The molecule has 0 bridgehead atoms. The number of nitrogens with zero attached hydrogens (tertiary/aromatic N) is 1. The Balaban J connectivity index is 2.35. The van der Waals surface area contributed by atoms with Crippen molar-refractivity contribution < 1.29 is 14.3 Å². The van der Waals surface area contributed by atoms with Gasteiger partial charge < -0.3 is 4.74 Å². The molecule has 0 radical (unpaired) electrons. The largest absolute Gasteiger partial charge is 0.496 e. The van der Waals surface area contributed by atoms with Crippen molar-refractivity contribution in [3.63, 3.8) is 0 Å². The minimum atomic E-state index is -0.286. The van der Waals surface area contributed by atoms with Gasteiger partial charge in [0, 0.05) is 17.0 Å². The zero-order valence-electron chi connectivity index (χ0n) is 12.6. The molecular weight excluding hydrogens is 268 g/mol.